The van der Waals surface area contributed by atoms with Crippen LogP contribution >= 0.6 is 0 Å². The zero-order valence-corrected chi connectivity index (χ0v) is 15.0. The van der Waals surface area contributed by atoms with E-state index < -0.39 is 29.6 Å². The molecule has 27 heavy (non-hydrogen) atoms. The van der Waals surface area contributed by atoms with Crippen LogP contribution in [0.25, 0.3) is 0 Å². The van der Waals surface area contributed by atoms with E-state index in [1.54, 1.807) is 9.80 Å². The number of hydrogen-bond donors (Lipinski definition) is 1. The number of nitrogens with zero attached hydrogens (tertiary/aromatic N) is 2. The van der Waals surface area contributed by atoms with Gasteiger partial charge in [0.25, 0.3) is 0 Å². The fraction of sp³-hybridized carbons (Fsp3) is 0.556. The Morgan fingerprint density at radius 3 is 2.63 bits per heavy atom. The third-order valence-corrected chi connectivity index (χ3v) is 5.31. The van der Waals surface area contributed by atoms with Gasteiger partial charge in [0, 0.05) is 44.1 Å². The number of rotatable bonds is 4. The summed E-state index contributed by atoms with van der Waals surface area (Å²) in [6, 6.07) is 0.439. The Labute approximate surface area is 155 Å². The number of halogens is 3. The molecule has 0 saturated carbocycles. The average molecular weight is 385 g/mol. The van der Waals surface area contributed by atoms with Crippen molar-refractivity contribution in [2.45, 2.75) is 31.3 Å². The maximum atomic E-state index is 13.8. The maximum absolute atomic E-state index is 13.8. The predicted octanol–water partition coefficient (Wildman–Crippen LogP) is 1.66. The molecule has 2 aliphatic rings. The van der Waals surface area contributed by atoms with Crippen LogP contribution in [0.2, 0.25) is 0 Å². The van der Waals surface area contributed by atoms with Crippen LogP contribution in [0, 0.1) is 23.4 Å². The molecule has 3 rings (SSSR count). The van der Waals surface area contributed by atoms with Crippen molar-refractivity contribution in [2.75, 3.05) is 26.7 Å². The standard InChI is InChI=1S/C18H22F3N3O3/c1-27-18(26)23-8-10-2-3-24(16(10)9-23)17(25)6-12(22)4-11-5-14(20)15(21)7-13(11)19/h5,7,10,12,16H,2-4,6,8-9,22H2,1H3/t10-,12?,16+/m0/s1. The van der Waals surface area contributed by atoms with E-state index >= 15 is 0 Å². The quantitative estimate of drug-likeness (QED) is 0.800. The summed E-state index contributed by atoms with van der Waals surface area (Å²) < 4.78 is 44.8. The highest BCUT2D eigenvalue weighted by Crippen LogP contribution is 2.32. The van der Waals surface area contributed by atoms with Crippen molar-refractivity contribution in [2.24, 2.45) is 11.7 Å². The Balaban J connectivity index is 1.59. The monoisotopic (exact) mass is 385 g/mol. The first-order valence-electron chi connectivity index (χ1n) is 8.81. The lowest BCUT2D eigenvalue weighted by molar-refractivity contribution is -0.132. The Morgan fingerprint density at radius 1 is 1.22 bits per heavy atom. The minimum atomic E-state index is -1.26. The number of methoxy groups -OCH3 is 1. The second-order valence-corrected chi connectivity index (χ2v) is 7.10. The van der Waals surface area contributed by atoms with E-state index in [0.717, 1.165) is 12.5 Å². The van der Waals surface area contributed by atoms with Gasteiger partial charge in [-0.2, -0.15) is 0 Å². The van der Waals surface area contributed by atoms with Crippen LogP contribution in [-0.4, -0.2) is 60.6 Å². The molecular weight excluding hydrogens is 363 g/mol. The number of benzene rings is 1. The first kappa shape index (κ1) is 19.5. The number of likely N-dealkylation sites (tertiary alicyclic amines) is 2. The maximum Gasteiger partial charge on any atom is 0.409 e. The van der Waals surface area contributed by atoms with E-state index in [1.807, 2.05) is 0 Å². The summed E-state index contributed by atoms with van der Waals surface area (Å²) in [6.07, 6.45) is 0.254. The molecule has 9 heteroatoms. The van der Waals surface area contributed by atoms with Gasteiger partial charge in [-0.15, -0.1) is 0 Å². The molecule has 1 aromatic carbocycles. The summed E-state index contributed by atoms with van der Waals surface area (Å²) in [5.41, 5.74) is 5.89. The number of ether oxygens (including phenoxy) is 1. The minimum absolute atomic E-state index is 0.0418. The Bertz CT molecular complexity index is 746. The van der Waals surface area contributed by atoms with Gasteiger partial charge < -0.3 is 20.3 Å². The lowest BCUT2D eigenvalue weighted by atomic mass is 10.0. The molecular formula is C18H22F3N3O3. The summed E-state index contributed by atoms with van der Waals surface area (Å²) in [4.78, 5) is 27.6. The molecule has 1 aromatic rings. The van der Waals surface area contributed by atoms with Crippen LogP contribution in [0.5, 0.6) is 0 Å². The van der Waals surface area contributed by atoms with Crippen molar-refractivity contribution in [3.63, 3.8) is 0 Å². The van der Waals surface area contributed by atoms with Gasteiger partial charge >= 0.3 is 6.09 Å². The lowest BCUT2D eigenvalue weighted by Gasteiger charge is -2.26. The number of carbonyl (C=O) groups is 2. The van der Waals surface area contributed by atoms with E-state index in [9.17, 15) is 22.8 Å². The van der Waals surface area contributed by atoms with Crippen molar-refractivity contribution in [3.05, 3.63) is 35.1 Å². The van der Waals surface area contributed by atoms with Crippen molar-refractivity contribution < 1.29 is 27.5 Å². The van der Waals surface area contributed by atoms with Gasteiger partial charge in [-0.25, -0.2) is 18.0 Å². The molecule has 1 unspecified atom stereocenters. The minimum Gasteiger partial charge on any atom is -0.453 e. The molecule has 6 nitrogen and oxygen atoms in total. The van der Waals surface area contributed by atoms with Crippen LogP contribution in [0.3, 0.4) is 0 Å². The average Bonchev–Trinajstić information content (AvgIpc) is 3.19. The number of nitrogens with two attached hydrogens (primary N) is 1. The van der Waals surface area contributed by atoms with E-state index in [1.165, 1.54) is 7.11 Å². The highest BCUT2D eigenvalue weighted by Gasteiger charge is 2.45. The highest BCUT2D eigenvalue weighted by molar-refractivity contribution is 5.78. The van der Waals surface area contributed by atoms with Crippen molar-refractivity contribution in [1.82, 2.24) is 9.80 Å². The third kappa shape index (κ3) is 4.02. The molecule has 0 spiro atoms. The van der Waals surface area contributed by atoms with Crippen LogP contribution in [0.15, 0.2) is 12.1 Å². The molecule has 2 saturated heterocycles. The molecule has 0 aromatic heterocycles. The number of fused-ring (bicyclic) bond motifs is 1. The molecule has 148 valence electrons. The summed E-state index contributed by atoms with van der Waals surface area (Å²) in [5, 5.41) is 0. The van der Waals surface area contributed by atoms with Crippen molar-refractivity contribution in [1.29, 1.82) is 0 Å². The van der Waals surface area contributed by atoms with Gasteiger partial charge in [-0.3, -0.25) is 4.79 Å². The molecule has 2 N–H and O–H groups in total. The predicted molar refractivity (Wildman–Crippen MR) is 90.2 cm³/mol. The highest BCUT2D eigenvalue weighted by atomic mass is 19.2. The van der Waals surface area contributed by atoms with Crippen LogP contribution in [-0.2, 0) is 16.0 Å². The Morgan fingerprint density at radius 2 is 1.93 bits per heavy atom. The molecule has 0 aliphatic carbocycles. The topological polar surface area (TPSA) is 75.9 Å². The molecule has 2 aliphatic heterocycles. The fourth-order valence-electron chi connectivity index (χ4n) is 3.97. The smallest absolute Gasteiger partial charge is 0.409 e. The van der Waals surface area contributed by atoms with Crippen molar-refractivity contribution >= 4 is 12.0 Å². The molecule has 0 radical (unpaired) electrons. The zero-order chi connectivity index (χ0) is 19.7. The molecule has 3 atom stereocenters. The largest absolute Gasteiger partial charge is 0.453 e. The first-order valence-corrected chi connectivity index (χ1v) is 8.81. The summed E-state index contributed by atoms with van der Waals surface area (Å²) in [5.74, 6) is -3.29. The van der Waals surface area contributed by atoms with Crippen LogP contribution in [0.1, 0.15) is 18.4 Å². The summed E-state index contributed by atoms with van der Waals surface area (Å²) in [7, 11) is 1.32. The number of hydrogen-bond acceptors (Lipinski definition) is 4. The van der Waals surface area contributed by atoms with Gasteiger partial charge in [-0.1, -0.05) is 0 Å². The Kier molecular flexibility index (Phi) is 5.59. The molecule has 2 heterocycles. The molecule has 0 bridgehead atoms. The van der Waals surface area contributed by atoms with Crippen LogP contribution < -0.4 is 5.73 Å². The molecule has 2 fully saturated rings. The van der Waals surface area contributed by atoms with Crippen LogP contribution in [0.4, 0.5) is 18.0 Å². The van der Waals surface area contributed by atoms with Crippen molar-refractivity contribution in [3.8, 4) is 0 Å². The second kappa shape index (κ2) is 7.75. The van der Waals surface area contributed by atoms with Gasteiger partial charge in [0.05, 0.1) is 13.2 Å². The summed E-state index contributed by atoms with van der Waals surface area (Å²) >= 11 is 0. The number of carbonyl (C=O) groups excluding carboxylic acids is 2. The zero-order valence-electron chi connectivity index (χ0n) is 15.0. The molecule has 2 amide bonds. The van der Waals surface area contributed by atoms with Gasteiger partial charge in [0.1, 0.15) is 5.82 Å². The van der Waals surface area contributed by atoms with Gasteiger partial charge in [0.15, 0.2) is 11.6 Å². The van der Waals surface area contributed by atoms with Gasteiger partial charge in [0.2, 0.25) is 5.91 Å². The fourth-order valence-corrected chi connectivity index (χ4v) is 3.97. The van der Waals surface area contributed by atoms with E-state index in [-0.39, 0.29) is 36.3 Å². The van der Waals surface area contributed by atoms with Gasteiger partial charge in [-0.05, 0) is 24.5 Å². The van der Waals surface area contributed by atoms with E-state index in [4.69, 9.17) is 10.5 Å². The van der Waals surface area contributed by atoms with E-state index in [0.29, 0.717) is 25.7 Å². The lowest BCUT2D eigenvalue weighted by Crippen LogP contribution is -2.43. The first-order chi connectivity index (χ1) is 12.8. The normalized spacial score (nSPS) is 22.7. The van der Waals surface area contributed by atoms with E-state index in [2.05, 4.69) is 0 Å². The SMILES string of the molecule is COC(=O)N1C[C@@H]2CCN(C(=O)CC(N)Cc3cc(F)c(F)cc3F)[C@@H]2C1. The Hall–Kier alpha value is -2.29. The third-order valence-electron chi connectivity index (χ3n) is 5.31. The number of amides is 2. The second-order valence-electron chi connectivity index (χ2n) is 7.10. The summed E-state index contributed by atoms with van der Waals surface area (Å²) in [6.45, 7) is 1.54.